The predicted octanol–water partition coefficient (Wildman–Crippen LogP) is -2.67. The quantitative estimate of drug-likeness (QED) is 0.274. The van der Waals surface area contributed by atoms with Crippen molar-refractivity contribution >= 4 is 11.9 Å². The van der Waals surface area contributed by atoms with Gasteiger partial charge in [0.25, 0.3) is 0 Å². The van der Waals surface area contributed by atoms with Crippen LogP contribution in [0, 0.1) is 0 Å². The molecule has 1 aliphatic heterocycles. The highest BCUT2D eigenvalue weighted by Gasteiger charge is 2.60. The minimum atomic E-state index is -3.67. The van der Waals surface area contributed by atoms with Gasteiger partial charge in [-0.2, -0.15) is 0 Å². The Morgan fingerprint density at radius 2 is 1.53 bits per heavy atom. The molecule has 0 aromatic carbocycles. The van der Waals surface area contributed by atoms with E-state index >= 15 is 0 Å². The summed E-state index contributed by atoms with van der Waals surface area (Å²) in [5.41, 5.74) is 0. The van der Waals surface area contributed by atoms with Gasteiger partial charge in [0.2, 0.25) is 0 Å². The van der Waals surface area contributed by atoms with Crippen molar-refractivity contribution in [1.29, 1.82) is 0 Å². The number of aliphatic hydroxyl groups excluding tert-OH is 2. The van der Waals surface area contributed by atoms with Gasteiger partial charge in [0.1, 0.15) is 0 Å². The summed E-state index contributed by atoms with van der Waals surface area (Å²) in [6, 6.07) is 0. The zero-order valence-electron chi connectivity index (χ0n) is 10.1. The zero-order chi connectivity index (χ0) is 14.8. The van der Waals surface area contributed by atoms with Crippen LogP contribution < -0.4 is 0 Å². The fraction of sp³-hybridized carbons (Fsp3) is 0.800. The summed E-state index contributed by atoms with van der Waals surface area (Å²) in [7, 11) is 0. The van der Waals surface area contributed by atoms with Crippen LogP contribution in [0.15, 0.2) is 0 Å². The van der Waals surface area contributed by atoms with Gasteiger partial charge in [-0.15, -0.1) is 0 Å². The van der Waals surface area contributed by atoms with E-state index in [2.05, 4.69) is 9.47 Å². The van der Waals surface area contributed by atoms with E-state index in [4.69, 9.17) is 0 Å². The van der Waals surface area contributed by atoms with Crippen molar-refractivity contribution in [3.63, 3.8) is 0 Å². The largest absolute Gasteiger partial charge is 0.412 e. The van der Waals surface area contributed by atoms with Crippen molar-refractivity contribution in [1.82, 2.24) is 0 Å². The summed E-state index contributed by atoms with van der Waals surface area (Å²) >= 11 is 0. The summed E-state index contributed by atoms with van der Waals surface area (Å²) in [6.45, 7) is 1.71. The number of cyclic esters (lactones) is 2. The van der Waals surface area contributed by atoms with Crippen LogP contribution in [0.2, 0.25) is 0 Å². The van der Waals surface area contributed by atoms with Crippen molar-refractivity contribution in [3.05, 3.63) is 0 Å². The van der Waals surface area contributed by atoms with Crippen molar-refractivity contribution in [3.8, 4) is 0 Å². The van der Waals surface area contributed by atoms with Crippen LogP contribution in [0.3, 0.4) is 0 Å². The van der Waals surface area contributed by atoms with Crippen LogP contribution in [0.25, 0.3) is 0 Å². The molecule has 19 heavy (non-hydrogen) atoms. The molecule has 9 heteroatoms. The number of carbonyl (C=O) groups is 2. The third-order valence-electron chi connectivity index (χ3n) is 2.68. The first kappa shape index (κ1) is 15.8. The molecule has 1 saturated heterocycles. The highest BCUT2D eigenvalue weighted by atomic mass is 16.8. The average molecular weight is 280 g/mol. The van der Waals surface area contributed by atoms with E-state index in [9.17, 15) is 35.1 Å². The summed E-state index contributed by atoms with van der Waals surface area (Å²) in [5.74, 6) is -9.50. The first-order valence-electron chi connectivity index (χ1n) is 5.63. The second kappa shape index (κ2) is 5.39. The van der Waals surface area contributed by atoms with Crippen LogP contribution >= 0.6 is 0 Å². The molecular weight excluding hydrogens is 264 g/mol. The summed E-state index contributed by atoms with van der Waals surface area (Å²) in [6.07, 6.45) is -4.20. The second-order valence-corrected chi connectivity index (χ2v) is 4.22. The number of hydrogen-bond acceptors (Lipinski definition) is 9. The number of rotatable bonds is 4. The molecule has 0 bridgehead atoms. The van der Waals surface area contributed by atoms with Gasteiger partial charge < -0.3 is 35.0 Å². The molecule has 9 nitrogen and oxygen atoms in total. The number of ether oxygens (including phenoxy) is 2. The van der Waals surface area contributed by atoms with Gasteiger partial charge in [0.05, 0.1) is 0 Å². The van der Waals surface area contributed by atoms with Crippen molar-refractivity contribution in [2.75, 3.05) is 0 Å². The molecule has 110 valence electrons. The van der Waals surface area contributed by atoms with Gasteiger partial charge in [-0.05, 0) is 6.42 Å². The fourth-order valence-electron chi connectivity index (χ4n) is 1.54. The van der Waals surface area contributed by atoms with E-state index in [1.807, 2.05) is 0 Å². The molecule has 1 heterocycles. The average Bonchev–Trinajstić information content (AvgIpc) is 2.38. The van der Waals surface area contributed by atoms with Crippen LogP contribution in [0.1, 0.15) is 26.2 Å². The van der Waals surface area contributed by atoms with E-state index in [0.29, 0.717) is 6.42 Å². The first-order chi connectivity index (χ1) is 8.64. The molecular formula is C10H16O9. The molecule has 0 spiro atoms. The lowest BCUT2D eigenvalue weighted by atomic mass is 10.1. The minimum absolute atomic E-state index is 0.205. The molecule has 0 amide bonds. The van der Waals surface area contributed by atoms with Crippen molar-refractivity contribution in [2.24, 2.45) is 0 Å². The first-order valence-corrected chi connectivity index (χ1v) is 5.63. The maximum atomic E-state index is 11.4. The van der Waals surface area contributed by atoms with Gasteiger partial charge in [0.15, 0.2) is 12.2 Å². The van der Waals surface area contributed by atoms with Crippen molar-refractivity contribution in [2.45, 2.75) is 50.2 Å². The Kier molecular flexibility index (Phi) is 4.48. The lowest BCUT2D eigenvalue weighted by Gasteiger charge is -2.36. The van der Waals surface area contributed by atoms with E-state index in [1.54, 1.807) is 6.92 Å². The normalized spacial score (nSPS) is 32.5. The highest BCUT2D eigenvalue weighted by molar-refractivity contribution is 5.87. The zero-order valence-corrected chi connectivity index (χ0v) is 10.1. The minimum Gasteiger partial charge on any atom is -0.412 e. The Hall–Kier alpha value is -1.26. The van der Waals surface area contributed by atoms with Crippen molar-refractivity contribution < 1.29 is 44.6 Å². The molecule has 1 fully saturated rings. The predicted molar refractivity (Wildman–Crippen MR) is 55.8 cm³/mol. The Bertz CT molecular complexity index is 337. The Balaban J connectivity index is 3.15. The molecule has 0 aliphatic carbocycles. The van der Waals surface area contributed by atoms with Crippen LogP contribution in [-0.4, -0.2) is 61.4 Å². The lowest BCUT2D eigenvalue weighted by molar-refractivity contribution is -0.445. The van der Waals surface area contributed by atoms with E-state index < -0.39 is 42.3 Å². The van der Waals surface area contributed by atoms with Crippen LogP contribution in [0.4, 0.5) is 0 Å². The number of unbranched alkanes of at least 4 members (excludes halogenated alkanes) is 1. The molecule has 5 N–H and O–H groups in total. The number of esters is 2. The standard InChI is InChI=1S/C10H16O9/c1-2-3-4-9(10(15,16)17)18-7(13)5(11)6(12)8(14)19-9/h5-6,11-12,15-17H,2-4H2,1H3. The molecule has 0 radical (unpaired) electrons. The van der Waals surface area contributed by atoms with E-state index in [1.165, 1.54) is 0 Å². The Labute approximate surface area is 108 Å². The third kappa shape index (κ3) is 3.01. The van der Waals surface area contributed by atoms with E-state index in [0.717, 1.165) is 0 Å². The van der Waals surface area contributed by atoms with Gasteiger partial charge in [-0.1, -0.05) is 13.3 Å². The Morgan fingerprint density at radius 3 is 1.84 bits per heavy atom. The number of carbonyl (C=O) groups excluding carboxylic acids is 2. The maximum Gasteiger partial charge on any atom is 0.357 e. The van der Waals surface area contributed by atoms with E-state index in [-0.39, 0.29) is 6.42 Å². The molecule has 0 aromatic heterocycles. The van der Waals surface area contributed by atoms with Crippen LogP contribution in [-0.2, 0) is 19.1 Å². The molecule has 1 aliphatic rings. The fourth-order valence-corrected chi connectivity index (χ4v) is 1.54. The second-order valence-electron chi connectivity index (χ2n) is 4.22. The van der Waals surface area contributed by atoms with Gasteiger partial charge >= 0.3 is 23.7 Å². The smallest absolute Gasteiger partial charge is 0.357 e. The summed E-state index contributed by atoms with van der Waals surface area (Å²) in [5, 5.41) is 46.2. The van der Waals surface area contributed by atoms with Gasteiger partial charge in [-0.3, -0.25) is 0 Å². The molecule has 0 saturated carbocycles. The summed E-state index contributed by atoms with van der Waals surface area (Å²) < 4.78 is 8.95. The topological polar surface area (TPSA) is 154 Å². The SMILES string of the molecule is CCCCC1(C(O)(O)O)OC(=O)C(O)C(O)C(=O)O1. The molecule has 2 unspecified atom stereocenters. The lowest BCUT2D eigenvalue weighted by Crippen LogP contribution is -2.59. The Morgan fingerprint density at radius 1 is 1.11 bits per heavy atom. The monoisotopic (exact) mass is 280 g/mol. The third-order valence-corrected chi connectivity index (χ3v) is 2.68. The highest BCUT2D eigenvalue weighted by Crippen LogP contribution is 2.33. The number of hydrogen-bond donors (Lipinski definition) is 5. The summed E-state index contributed by atoms with van der Waals surface area (Å²) in [4.78, 5) is 22.8. The van der Waals surface area contributed by atoms with Gasteiger partial charge in [-0.25, -0.2) is 9.59 Å². The van der Waals surface area contributed by atoms with Crippen LogP contribution in [0.5, 0.6) is 0 Å². The molecule has 2 atom stereocenters. The van der Waals surface area contributed by atoms with Gasteiger partial charge in [0, 0.05) is 6.42 Å². The molecule has 1 rings (SSSR count). The number of aliphatic hydroxyl groups is 5. The maximum absolute atomic E-state index is 11.4. The molecule has 0 aromatic rings.